The van der Waals surface area contributed by atoms with Crippen LogP contribution in [0.15, 0.2) is 53.2 Å². The lowest BCUT2D eigenvalue weighted by molar-refractivity contribution is -0.126. The second kappa shape index (κ2) is 9.07. The molecular weight excluding hydrogens is 378 g/mol. The molecule has 1 aromatic carbocycles. The number of aromatic nitrogens is 3. The zero-order chi connectivity index (χ0) is 20.9. The molecule has 7 nitrogen and oxygen atoms in total. The Morgan fingerprint density at radius 1 is 1.20 bits per heavy atom. The zero-order valence-corrected chi connectivity index (χ0v) is 17.4. The standard InChI is InChI=1S/C23H27N5O2/c1-3-16(2)25-22(29)18-11-14-28(15-12-18)21-19(10-7-13-24-21)23-26-20(27-30-23)17-8-5-4-6-9-17/h4-10,13,16,18H,3,11-12,14-15H2,1-2H3,(H,25,29). The first-order valence-electron chi connectivity index (χ1n) is 10.6. The Morgan fingerprint density at radius 3 is 2.70 bits per heavy atom. The number of rotatable bonds is 6. The normalized spacial score (nSPS) is 15.7. The molecule has 1 fully saturated rings. The second-order valence-corrected chi connectivity index (χ2v) is 7.74. The molecule has 0 bridgehead atoms. The Morgan fingerprint density at radius 2 is 1.97 bits per heavy atom. The van der Waals surface area contributed by atoms with Crippen molar-refractivity contribution in [3.05, 3.63) is 48.7 Å². The number of carbonyl (C=O) groups is 1. The third-order valence-electron chi connectivity index (χ3n) is 5.64. The van der Waals surface area contributed by atoms with Crippen LogP contribution < -0.4 is 10.2 Å². The van der Waals surface area contributed by atoms with Crippen molar-refractivity contribution in [2.45, 2.75) is 39.2 Å². The zero-order valence-electron chi connectivity index (χ0n) is 17.4. The molecule has 1 amide bonds. The van der Waals surface area contributed by atoms with Crippen LogP contribution >= 0.6 is 0 Å². The summed E-state index contributed by atoms with van der Waals surface area (Å²) < 4.78 is 5.56. The van der Waals surface area contributed by atoms with Gasteiger partial charge in [0, 0.05) is 36.8 Å². The molecule has 3 heterocycles. The molecule has 7 heteroatoms. The van der Waals surface area contributed by atoms with Crippen LogP contribution in [-0.4, -0.2) is 40.2 Å². The molecule has 0 radical (unpaired) electrons. The number of amides is 1. The van der Waals surface area contributed by atoms with Crippen molar-refractivity contribution < 1.29 is 9.32 Å². The molecule has 4 rings (SSSR count). The first-order chi connectivity index (χ1) is 14.7. The van der Waals surface area contributed by atoms with Gasteiger partial charge in [0.15, 0.2) is 0 Å². The third kappa shape index (κ3) is 4.35. The van der Waals surface area contributed by atoms with Gasteiger partial charge in [-0.2, -0.15) is 4.98 Å². The predicted molar refractivity (Wildman–Crippen MR) is 116 cm³/mol. The Hall–Kier alpha value is -3.22. The summed E-state index contributed by atoms with van der Waals surface area (Å²) in [5, 5.41) is 7.24. The molecule has 156 valence electrons. The molecule has 1 atom stereocenters. The van der Waals surface area contributed by atoms with E-state index in [1.165, 1.54) is 0 Å². The number of nitrogens with zero attached hydrogens (tertiary/aromatic N) is 4. The number of benzene rings is 1. The van der Waals surface area contributed by atoms with E-state index in [4.69, 9.17) is 4.52 Å². The highest BCUT2D eigenvalue weighted by atomic mass is 16.5. The number of pyridine rings is 1. The second-order valence-electron chi connectivity index (χ2n) is 7.74. The van der Waals surface area contributed by atoms with E-state index < -0.39 is 0 Å². The molecular formula is C23H27N5O2. The highest BCUT2D eigenvalue weighted by molar-refractivity contribution is 5.79. The van der Waals surface area contributed by atoms with Gasteiger partial charge in [0.25, 0.3) is 5.89 Å². The van der Waals surface area contributed by atoms with Crippen LogP contribution in [0.2, 0.25) is 0 Å². The average molecular weight is 406 g/mol. The smallest absolute Gasteiger partial charge is 0.261 e. The van der Waals surface area contributed by atoms with Crippen molar-refractivity contribution in [1.82, 2.24) is 20.4 Å². The van der Waals surface area contributed by atoms with Gasteiger partial charge in [-0.25, -0.2) is 4.98 Å². The highest BCUT2D eigenvalue weighted by Crippen LogP contribution is 2.31. The van der Waals surface area contributed by atoms with Crippen LogP contribution in [0.1, 0.15) is 33.1 Å². The van der Waals surface area contributed by atoms with Crippen LogP contribution in [0.4, 0.5) is 5.82 Å². The Labute approximate surface area is 176 Å². The fourth-order valence-corrected chi connectivity index (χ4v) is 3.67. The summed E-state index contributed by atoms with van der Waals surface area (Å²) in [7, 11) is 0. The van der Waals surface area contributed by atoms with Crippen molar-refractivity contribution in [2.24, 2.45) is 5.92 Å². The van der Waals surface area contributed by atoms with Gasteiger partial charge in [0.2, 0.25) is 11.7 Å². The van der Waals surface area contributed by atoms with Gasteiger partial charge in [-0.15, -0.1) is 0 Å². The van der Waals surface area contributed by atoms with Crippen molar-refractivity contribution >= 4 is 11.7 Å². The van der Waals surface area contributed by atoms with E-state index >= 15 is 0 Å². The lowest BCUT2D eigenvalue weighted by Gasteiger charge is -2.33. The van der Waals surface area contributed by atoms with Crippen LogP contribution in [0.3, 0.4) is 0 Å². The number of hydrogen-bond donors (Lipinski definition) is 1. The van der Waals surface area contributed by atoms with E-state index in [1.807, 2.05) is 49.4 Å². The lowest BCUT2D eigenvalue weighted by atomic mass is 9.95. The Bertz CT molecular complexity index is 980. The molecule has 1 aliphatic heterocycles. The summed E-state index contributed by atoms with van der Waals surface area (Å²) >= 11 is 0. The first-order valence-corrected chi connectivity index (χ1v) is 10.6. The van der Waals surface area contributed by atoms with Crippen molar-refractivity contribution in [3.8, 4) is 22.8 Å². The molecule has 30 heavy (non-hydrogen) atoms. The molecule has 0 saturated carbocycles. The van der Waals surface area contributed by atoms with Gasteiger partial charge in [0.05, 0.1) is 5.56 Å². The third-order valence-corrected chi connectivity index (χ3v) is 5.64. The fourth-order valence-electron chi connectivity index (χ4n) is 3.67. The maximum atomic E-state index is 12.5. The van der Waals surface area contributed by atoms with Crippen molar-refractivity contribution in [3.63, 3.8) is 0 Å². The van der Waals surface area contributed by atoms with E-state index in [-0.39, 0.29) is 17.9 Å². The van der Waals surface area contributed by atoms with Gasteiger partial charge >= 0.3 is 0 Å². The SMILES string of the molecule is CCC(C)NC(=O)C1CCN(c2ncccc2-c2nc(-c3ccccc3)no2)CC1. The molecule has 1 N–H and O–H groups in total. The monoisotopic (exact) mass is 405 g/mol. The quantitative estimate of drug-likeness (QED) is 0.669. The summed E-state index contributed by atoms with van der Waals surface area (Å²) in [5.74, 6) is 2.04. The molecule has 0 aliphatic carbocycles. The molecule has 3 aromatic rings. The van der Waals surface area contributed by atoms with Crippen LogP contribution in [0.25, 0.3) is 22.8 Å². The minimum Gasteiger partial charge on any atom is -0.356 e. The topological polar surface area (TPSA) is 84.2 Å². The minimum absolute atomic E-state index is 0.0514. The van der Waals surface area contributed by atoms with Gasteiger partial charge in [-0.3, -0.25) is 4.79 Å². The van der Waals surface area contributed by atoms with Crippen LogP contribution in [0.5, 0.6) is 0 Å². The van der Waals surface area contributed by atoms with E-state index in [9.17, 15) is 4.79 Å². The van der Waals surface area contributed by atoms with Crippen molar-refractivity contribution in [1.29, 1.82) is 0 Å². The van der Waals surface area contributed by atoms with Gasteiger partial charge < -0.3 is 14.7 Å². The molecule has 2 aromatic heterocycles. The summed E-state index contributed by atoms with van der Waals surface area (Å²) in [6, 6.07) is 13.8. The van der Waals surface area contributed by atoms with E-state index in [2.05, 4.69) is 32.3 Å². The summed E-state index contributed by atoms with van der Waals surface area (Å²) in [4.78, 5) is 23.8. The molecule has 1 unspecified atom stereocenters. The molecule has 0 spiro atoms. The number of nitrogens with one attached hydrogen (secondary N) is 1. The lowest BCUT2D eigenvalue weighted by Crippen LogP contribution is -2.43. The van der Waals surface area contributed by atoms with Crippen LogP contribution in [0, 0.1) is 5.92 Å². The highest BCUT2D eigenvalue weighted by Gasteiger charge is 2.28. The maximum Gasteiger partial charge on any atom is 0.261 e. The number of carbonyl (C=O) groups excluding carboxylic acids is 1. The predicted octanol–water partition coefficient (Wildman–Crippen LogP) is 3.93. The number of piperidine rings is 1. The Kier molecular flexibility index (Phi) is 6.07. The minimum atomic E-state index is 0.0514. The largest absolute Gasteiger partial charge is 0.356 e. The summed E-state index contributed by atoms with van der Waals surface area (Å²) in [6.07, 6.45) is 4.32. The fraction of sp³-hybridized carbons (Fsp3) is 0.391. The molecule has 1 saturated heterocycles. The van der Waals surface area contributed by atoms with Gasteiger partial charge in [-0.05, 0) is 38.3 Å². The number of anilines is 1. The van der Waals surface area contributed by atoms with Crippen molar-refractivity contribution in [2.75, 3.05) is 18.0 Å². The van der Waals surface area contributed by atoms with E-state index in [0.29, 0.717) is 11.7 Å². The Balaban J connectivity index is 1.49. The molecule has 1 aliphatic rings. The van der Waals surface area contributed by atoms with Gasteiger partial charge in [-0.1, -0.05) is 42.4 Å². The maximum absolute atomic E-state index is 12.5. The van der Waals surface area contributed by atoms with E-state index in [1.54, 1.807) is 6.20 Å². The van der Waals surface area contributed by atoms with Crippen LogP contribution in [-0.2, 0) is 4.79 Å². The summed E-state index contributed by atoms with van der Waals surface area (Å²) in [6.45, 7) is 5.66. The summed E-state index contributed by atoms with van der Waals surface area (Å²) in [5.41, 5.74) is 1.72. The van der Waals surface area contributed by atoms with E-state index in [0.717, 1.165) is 49.3 Å². The first kappa shape index (κ1) is 20.1. The number of hydrogen-bond acceptors (Lipinski definition) is 6. The average Bonchev–Trinajstić information content (AvgIpc) is 3.30. The van der Waals surface area contributed by atoms with Gasteiger partial charge in [0.1, 0.15) is 5.82 Å².